The monoisotopic (exact) mass is 347 g/mol. The molecule has 0 fully saturated rings. The molecule has 2 aromatic carbocycles. The zero-order valence-electron chi connectivity index (χ0n) is 14.8. The zero-order valence-corrected chi connectivity index (χ0v) is 14.8. The quantitative estimate of drug-likeness (QED) is 0.661. The second-order valence-electron chi connectivity index (χ2n) is 6.65. The molecule has 0 radical (unpaired) electrons. The molecule has 1 aliphatic rings. The lowest BCUT2D eigenvalue weighted by molar-refractivity contribution is 0.254. The minimum atomic E-state index is -0.333. The first-order chi connectivity index (χ1) is 12.7. The average Bonchev–Trinajstić information content (AvgIpc) is 2.64. The number of fused-ring (bicyclic) bond motifs is 1. The summed E-state index contributed by atoms with van der Waals surface area (Å²) in [5.41, 5.74) is 2.47. The fourth-order valence-corrected chi connectivity index (χ4v) is 3.29. The second-order valence-corrected chi connectivity index (χ2v) is 6.65. The third kappa shape index (κ3) is 3.70. The summed E-state index contributed by atoms with van der Waals surface area (Å²) in [7, 11) is 0. The highest BCUT2D eigenvalue weighted by Gasteiger charge is 2.14. The molecule has 0 amide bonds. The molecular weight excluding hydrogens is 326 g/mol. The van der Waals surface area contributed by atoms with Crippen LogP contribution in [-0.4, -0.2) is 18.0 Å². The topological polar surface area (TPSA) is 42.7 Å². The highest BCUT2D eigenvalue weighted by molar-refractivity contribution is 5.81. The molecule has 0 saturated carbocycles. The molecule has 4 heteroatoms. The van der Waals surface area contributed by atoms with E-state index in [1.807, 2.05) is 25.1 Å². The minimum absolute atomic E-state index is 0.333. The Morgan fingerprint density at radius 2 is 1.96 bits per heavy atom. The van der Waals surface area contributed by atoms with E-state index in [2.05, 4.69) is 35.2 Å². The fourth-order valence-electron chi connectivity index (χ4n) is 3.29. The van der Waals surface area contributed by atoms with Crippen molar-refractivity contribution >= 4 is 11.0 Å². The number of benzene rings is 2. The first kappa shape index (κ1) is 16.6. The van der Waals surface area contributed by atoms with Crippen LogP contribution in [0.25, 0.3) is 11.0 Å². The minimum Gasteiger partial charge on any atom is -0.462 e. The molecule has 0 unspecified atom stereocenters. The summed E-state index contributed by atoms with van der Waals surface area (Å²) in [6, 6.07) is 17.7. The van der Waals surface area contributed by atoms with E-state index in [9.17, 15) is 4.79 Å². The zero-order chi connectivity index (χ0) is 17.9. The number of ether oxygens (including phenoxy) is 1. The number of hydrogen-bond donors (Lipinski definition) is 0. The van der Waals surface area contributed by atoms with E-state index in [0.717, 1.165) is 42.8 Å². The lowest BCUT2D eigenvalue weighted by atomic mass is 10.1. The van der Waals surface area contributed by atoms with E-state index in [-0.39, 0.29) is 5.63 Å². The number of nitrogens with zero attached hydrogens (tertiary/aromatic N) is 1. The van der Waals surface area contributed by atoms with Crippen molar-refractivity contribution in [3.63, 3.8) is 0 Å². The van der Waals surface area contributed by atoms with Crippen molar-refractivity contribution in [2.75, 3.05) is 13.1 Å². The number of hydrogen-bond acceptors (Lipinski definition) is 4. The van der Waals surface area contributed by atoms with Gasteiger partial charge in [-0.25, -0.2) is 4.79 Å². The van der Waals surface area contributed by atoms with Crippen LogP contribution in [-0.2, 0) is 6.54 Å². The average molecular weight is 347 g/mol. The molecule has 3 aromatic rings. The first-order valence-corrected chi connectivity index (χ1v) is 8.85. The largest absolute Gasteiger partial charge is 0.462 e. The standard InChI is InChI=1S/C22H21NO3/c1-16-13-22(24)26-21-14-19(7-8-20(16)21)25-18-9-11-23(12-10-18)15-17-5-3-2-4-6-17/h2-9,13-14H,10-12,15H2,1H3. The SMILES string of the molecule is Cc1cc(=O)oc2cc(OC3=CCN(Cc4ccccc4)CC3)ccc12. The van der Waals surface area contributed by atoms with Crippen LogP contribution in [0.1, 0.15) is 17.5 Å². The Balaban J connectivity index is 1.45. The van der Waals surface area contributed by atoms with Gasteiger partial charge in [-0.05, 0) is 36.3 Å². The van der Waals surface area contributed by atoms with Crippen molar-refractivity contribution in [2.45, 2.75) is 19.9 Å². The van der Waals surface area contributed by atoms with Crippen LogP contribution >= 0.6 is 0 Å². The van der Waals surface area contributed by atoms with Crippen LogP contribution < -0.4 is 10.4 Å². The lowest BCUT2D eigenvalue weighted by Crippen LogP contribution is -2.29. The second kappa shape index (κ2) is 7.18. The van der Waals surface area contributed by atoms with Gasteiger partial charge in [0.25, 0.3) is 0 Å². The third-order valence-corrected chi connectivity index (χ3v) is 4.67. The summed E-state index contributed by atoms with van der Waals surface area (Å²) < 4.78 is 11.3. The van der Waals surface area contributed by atoms with E-state index in [4.69, 9.17) is 9.15 Å². The van der Waals surface area contributed by atoms with Crippen LogP contribution in [0.3, 0.4) is 0 Å². The van der Waals surface area contributed by atoms with Crippen molar-refractivity contribution in [1.82, 2.24) is 4.90 Å². The number of aryl methyl sites for hydroxylation is 1. The van der Waals surface area contributed by atoms with Crippen LogP contribution in [0.2, 0.25) is 0 Å². The van der Waals surface area contributed by atoms with Gasteiger partial charge in [0.05, 0.1) is 0 Å². The molecule has 0 bridgehead atoms. The van der Waals surface area contributed by atoms with E-state index < -0.39 is 0 Å². The molecule has 0 saturated heterocycles. The van der Waals surface area contributed by atoms with E-state index >= 15 is 0 Å². The molecule has 2 heterocycles. The van der Waals surface area contributed by atoms with Crippen LogP contribution in [0, 0.1) is 6.92 Å². The molecule has 132 valence electrons. The molecule has 0 spiro atoms. The van der Waals surface area contributed by atoms with Gasteiger partial charge in [0, 0.05) is 43.6 Å². The van der Waals surface area contributed by atoms with Crippen molar-refractivity contribution in [2.24, 2.45) is 0 Å². The Morgan fingerprint density at radius 1 is 1.12 bits per heavy atom. The summed E-state index contributed by atoms with van der Waals surface area (Å²) in [5.74, 6) is 1.66. The molecular formula is C22H21NO3. The molecule has 0 aliphatic carbocycles. The highest BCUT2D eigenvalue weighted by Crippen LogP contribution is 2.25. The van der Waals surface area contributed by atoms with Gasteiger partial charge >= 0.3 is 5.63 Å². The molecule has 4 rings (SSSR count). The maximum absolute atomic E-state index is 11.6. The van der Waals surface area contributed by atoms with Gasteiger partial charge in [-0.2, -0.15) is 0 Å². The Morgan fingerprint density at radius 3 is 2.73 bits per heavy atom. The Labute approximate surface area is 152 Å². The van der Waals surface area contributed by atoms with Gasteiger partial charge in [-0.3, -0.25) is 4.90 Å². The summed E-state index contributed by atoms with van der Waals surface area (Å²) in [4.78, 5) is 14.0. The Hall–Kier alpha value is -2.85. The lowest BCUT2D eigenvalue weighted by Gasteiger charge is -2.26. The highest BCUT2D eigenvalue weighted by atomic mass is 16.5. The molecule has 4 nitrogen and oxygen atoms in total. The van der Waals surface area contributed by atoms with Gasteiger partial charge in [-0.1, -0.05) is 30.3 Å². The molecule has 0 atom stereocenters. The summed E-state index contributed by atoms with van der Waals surface area (Å²) in [5, 5.41) is 0.934. The van der Waals surface area contributed by atoms with E-state index in [0.29, 0.717) is 11.3 Å². The molecule has 0 N–H and O–H groups in total. The van der Waals surface area contributed by atoms with Gasteiger partial charge < -0.3 is 9.15 Å². The van der Waals surface area contributed by atoms with Gasteiger partial charge in [0.1, 0.15) is 17.1 Å². The predicted molar refractivity (Wildman–Crippen MR) is 102 cm³/mol. The van der Waals surface area contributed by atoms with Crippen LogP contribution in [0.15, 0.2) is 75.6 Å². The first-order valence-electron chi connectivity index (χ1n) is 8.85. The number of rotatable bonds is 4. The fraction of sp³-hybridized carbons (Fsp3) is 0.227. The molecule has 1 aliphatic heterocycles. The van der Waals surface area contributed by atoms with Gasteiger partial charge in [-0.15, -0.1) is 0 Å². The van der Waals surface area contributed by atoms with Crippen molar-refractivity contribution in [1.29, 1.82) is 0 Å². The van der Waals surface area contributed by atoms with Crippen molar-refractivity contribution in [3.8, 4) is 5.75 Å². The molecule has 26 heavy (non-hydrogen) atoms. The van der Waals surface area contributed by atoms with Crippen molar-refractivity contribution < 1.29 is 9.15 Å². The summed E-state index contributed by atoms with van der Waals surface area (Å²) >= 11 is 0. The van der Waals surface area contributed by atoms with E-state index in [1.165, 1.54) is 11.6 Å². The smallest absolute Gasteiger partial charge is 0.336 e. The molecule has 1 aromatic heterocycles. The summed E-state index contributed by atoms with van der Waals surface area (Å²) in [6.45, 7) is 4.68. The van der Waals surface area contributed by atoms with E-state index in [1.54, 1.807) is 6.07 Å². The normalized spacial score (nSPS) is 15.0. The van der Waals surface area contributed by atoms with Crippen LogP contribution in [0.4, 0.5) is 0 Å². The van der Waals surface area contributed by atoms with Gasteiger partial charge in [0.15, 0.2) is 0 Å². The van der Waals surface area contributed by atoms with Crippen molar-refractivity contribution in [3.05, 3.63) is 88.0 Å². The predicted octanol–water partition coefficient (Wildman–Crippen LogP) is 4.27. The Bertz CT molecular complexity index is 1000. The maximum atomic E-state index is 11.6. The Kier molecular flexibility index (Phi) is 4.59. The maximum Gasteiger partial charge on any atom is 0.336 e. The summed E-state index contributed by atoms with van der Waals surface area (Å²) in [6.07, 6.45) is 2.99. The van der Waals surface area contributed by atoms with Crippen LogP contribution in [0.5, 0.6) is 5.75 Å². The van der Waals surface area contributed by atoms with Gasteiger partial charge in [0.2, 0.25) is 0 Å². The third-order valence-electron chi connectivity index (χ3n) is 4.67.